The zero-order chi connectivity index (χ0) is 20.2. The molecule has 1 heterocycles. The van der Waals surface area contributed by atoms with Crippen LogP contribution in [-0.4, -0.2) is 16.1 Å². The van der Waals surface area contributed by atoms with E-state index in [0.717, 1.165) is 11.1 Å². The zero-order valence-electron chi connectivity index (χ0n) is 15.6. The van der Waals surface area contributed by atoms with Crippen LogP contribution in [0, 0.1) is 17.0 Å². The van der Waals surface area contributed by atoms with E-state index < -0.39 is 4.92 Å². The summed E-state index contributed by atoms with van der Waals surface area (Å²) in [5.41, 5.74) is 4.81. The Labute approximate surface area is 167 Å². The highest BCUT2D eigenvalue weighted by Gasteiger charge is 2.09. The Hall–Kier alpha value is -4.06. The summed E-state index contributed by atoms with van der Waals surface area (Å²) in [5, 5.41) is 11.0. The van der Waals surface area contributed by atoms with Gasteiger partial charge in [0.2, 0.25) is 5.89 Å². The summed E-state index contributed by atoms with van der Waals surface area (Å²) in [5.74, 6) is 0.567. The van der Waals surface area contributed by atoms with E-state index in [1.165, 1.54) is 11.6 Å². The molecule has 4 aromatic rings. The van der Waals surface area contributed by atoms with Crippen LogP contribution in [0.2, 0.25) is 0 Å². The van der Waals surface area contributed by atoms with E-state index >= 15 is 0 Å². The van der Waals surface area contributed by atoms with Crippen molar-refractivity contribution in [3.8, 4) is 11.5 Å². The highest BCUT2D eigenvalue weighted by molar-refractivity contribution is 5.84. The second-order valence-corrected chi connectivity index (χ2v) is 6.49. The summed E-state index contributed by atoms with van der Waals surface area (Å²) in [4.78, 5) is 19.6. The number of rotatable bonds is 5. The largest absolute Gasteiger partial charge is 0.436 e. The van der Waals surface area contributed by atoms with Crippen molar-refractivity contribution >= 4 is 34.8 Å². The van der Waals surface area contributed by atoms with Crippen LogP contribution in [0.4, 0.5) is 11.4 Å². The van der Waals surface area contributed by atoms with Gasteiger partial charge in [0.25, 0.3) is 5.69 Å². The number of benzene rings is 3. The van der Waals surface area contributed by atoms with Crippen LogP contribution in [-0.2, 0) is 0 Å². The SMILES string of the molecule is Cc1ccc(-c2nc3cc(N=C/C=C\c4ccccc4[N+](=O)[O-])ccc3o2)cc1. The van der Waals surface area contributed by atoms with Gasteiger partial charge in [0.05, 0.1) is 16.2 Å². The minimum Gasteiger partial charge on any atom is -0.436 e. The van der Waals surface area contributed by atoms with E-state index in [1.54, 1.807) is 36.6 Å². The molecule has 0 bridgehead atoms. The molecule has 0 radical (unpaired) electrons. The topological polar surface area (TPSA) is 81.5 Å². The lowest BCUT2D eigenvalue weighted by molar-refractivity contribution is -0.385. The molecule has 0 aliphatic carbocycles. The molecular weight excluding hydrogens is 366 g/mol. The van der Waals surface area contributed by atoms with Crippen LogP contribution in [0.1, 0.15) is 11.1 Å². The van der Waals surface area contributed by atoms with Gasteiger partial charge in [-0.3, -0.25) is 15.1 Å². The van der Waals surface area contributed by atoms with Crippen molar-refractivity contribution in [2.24, 2.45) is 4.99 Å². The molecule has 1 aromatic heterocycles. The van der Waals surface area contributed by atoms with Crippen molar-refractivity contribution in [3.63, 3.8) is 0 Å². The summed E-state index contributed by atoms with van der Waals surface area (Å²) in [7, 11) is 0. The number of para-hydroxylation sites is 1. The zero-order valence-corrected chi connectivity index (χ0v) is 15.6. The van der Waals surface area contributed by atoms with E-state index in [0.29, 0.717) is 22.7 Å². The van der Waals surface area contributed by atoms with Gasteiger partial charge in [-0.2, -0.15) is 0 Å². The summed E-state index contributed by atoms with van der Waals surface area (Å²) in [6.07, 6.45) is 4.93. The van der Waals surface area contributed by atoms with Crippen molar-refractivity contribution < 1.29 is 9.34 Å². The summed E-state index contributed by atoms with van der Waals surface area (Å²) < 4.78 is 5.83. The molecule has 0 aliphatic rings. The molecule has 0 saturated carbocycles. The molecule has 0 fully saturated rings. The highest BCUT2D eigenvalue weighted by atomic mass is 16.6. The van der Waals surface area contributed by atoms with Crippen LogP contribution < -0.4 is 0 Å². The molecule has 29 heavy (non-hydrogen) atoms. The minimum atomic E-state index is -0.402. The van der Waals surface area contributed by atoms with Gasteiger partial charge in [0.1, 0.15) is 5.52 Å². The first kappa shape index (κ1) is 18.3. The number of hydrogen-bond acceptors (Lipinski definition) is 5. The Balaban J connectivity index is 1.54. The molecule has 0 saturated heterocycles. The van der Waals surface area contributed by atoms with Gasteiger partial charge in [-0.05, 0) is 55.5 Å². The number of oxazole rings is 1. The summed E-state index contributed by atoms with van der Waals surface area (Å²) >= 11 is 0. The summed E-state index contributed by atoms with van der Waals surface area (Å²) in [6.45, 7) is 2.03. The quantitative estimate of drug-likeness (QED) is 0.236. The van der Waals surface area contributed by atoms with E-state index in [1.807, 2.05) is 49.4 Å². The first-order chi connectivity index (χ1) is 14.1. The number of fused-ring (bicyclic) bond motifs is 1. The van der Waals surface area contributed by atoms with Crippen LogP contribution >= 0.6 is 0 Å². The normalized spacial score (nSPS) is 11.6. The second-order valence-electron chi connectivity index (χ2n) is 6.49. The molecule has 3 aromatic carbocycles. The molecular formula is C23H17N3O3. The van der Waals surface area contributed by atoms with Crippen molar-refractivity contribution in [3.05, 3.63) is 94.0 Å². The van der Waals surface area contributed by atoms with Crippen molar-refractivity contribution in [1.82, 2.24) is 4.98 Å². The van der Waals surface area contributed by atoms with Gasteiger partial charge < -0.3 is 4.42 Å². The first-order valence-corrected chi connectivity index (χ1v) is 9.02. The van der Waals surface area contributed by atoms with Gasteiger partial charge in [0.15, 0.2) is 5.58 Å². The Morgan fingerprint density at radius 1 is 1.07 bits per heavy atom. The maximum atomic E-state index is 11.0. The van der Waals surface area contributed by atoms with Gasteiger partial charge in [0, 0.05) is 17.8 Å². The van der Waals surface area contributed by atoms with Gasteiger partial charge >= 0.3 is 0 Å². The second kappa shape index (κ2) is 7.90. The number of allylic oxidation sites excluding steroid dienone is 1. The van der Waals surface area contributed by atoms with Crippen LogP contribution in [0.15, 0.2) is 82.2 Å². The third-order valence-corrected chi connectivity index (χ3v) is 4.39. The molecule has 0 spiro atoms. The molecule has 0 atom stereocenters. The molecule has 6 nitrogen and oxygen atoms in total. The molecule has 142 valence electrons. The fourth-order valence-corrected chi connectivity index (χ4v) is 2.89. The Bertz CT molecular complexity index is 1240. The lowest BCUT2D eigenvalue weighted by Crippen LogP contribution is -1.90. The number of aromatic nitrogens is 1. The smallest absolute Gasteiger partial charge is 0.276 e. The van der Waals surface area contributed by atoms with Gasteiger partial charge in [-0.1, -0.05) is 29.8 Å². The fraction of sp³-hybridized carbons (Fsp3) is 0.0435. The number of nitrogens with zero attached hydrogens (tertiary/aromatic N) is 3. The van der Waals surface area contributed by atoms with E-state index in [-0.39, 0.29) is 5.69 Å². The third-order valence-electron chi connectivity index (χ3n) is 4.39. The maximum Gasteiger partial charge on any atom is 0.276 e. The number of nitro benzene ring substituents is 1. The Morgan fingerprint density at radius 2 is 1.86 bits per heavy atom. The van der Waals surface area contributed by atoms with Crippen LogP contribution in [0.25, 0.3) is 28.6 Å². The predicted molar refractivity (Wildman–Crippen MR) is 114 cm³/mol. The van der Waals surface area contributed by atoms with E-state index in [2.05, 4.69) is 9.98 Å². The van der Waals surface area contributed by atoms with Gasteiger partial charge in [-0.25, -0.2) is 4.98 Å². The number of hydrogen-bond donors (Lipinski definition) is 0. The number of nitro groups is 1. The van der Waals surface area contributed by atoms with Gasteiger partial charge in [-0.15, -0.1) is 0 Å². The first-order valence-electron chi connectivity index (χ1n) is 9.02. The molecule has 0 amide bonds. The number of aliphatic imine (C=N–C) groups is 1. The maximum absolute atomic E-state index is 11.0. The lowest BCUT2D eigenvalue weighted by Gasteiger charge is -1.95. The molecule has 4 rings (SSSR count). The Kier molecular flexibility index (Phi) is 4.99. The monoisotopic (exact) mass is 383 g/mol. The predicted octanol–water partition coefficient (Wildman–Crippen LogP) is 6.13. The summed E-state index contributed by atoms with van der Waals surface area (Å²) in [6, 6.07) is 20.1. The third kappa shape index (κ3) is 4.11. The molecule has 6 heteroatoms. The van der Waals surface area contributed by atoms with Crippen LogP contribution in [0.5, 0.6) is 0 Å². The lowest BCUT2D eigenvalue weighted by atomic mass is 10.1. The average Bonchev–Trinajstić information content (AvgIpc) is 3.15. The average molecular weight is 383 g/mol. The standard InChI is InChI=1S/C23H17N3O3/c1-16-8-10-18(11-9-16)23-25-20-15-19(12-13-22(20)29-23)24-14-4-6-17-5-2-3-7-21(17)26(27)28/h2-15H,1H3/b6-4-,24-14?. The Morgan fingerprint density at radius 3 is 2.66 bits per heavy atom. The minimum absolute atomic E-state index is 0.0600. The molecule has 0 aliphatic heterocycles. The van der Waals surface area contributed by atoms with E-state index in [9.17, 15) is 10.1 Å². The van der Waals surface area contributed by atoms with Crippen molar-refractivity contribution in [2.45, 2.75) is 6.92 Å². The molecule has 0 N–H and O–H groups in total. The van der Waals surface area contributed by atoms with Crippen molar-refractivity contribution in [2.75, 3.05) is 0 Å². The van der Waals surface area contributed by atoms with E-state index in [4.69, 9.17) is 4.42 Å². The van der Waals surface area contributed by atoms with Crippen LogP contribution in [0.3, 0.4) is 0 Å². The van der Waals surface area contributed by atoms with Crippen molar-refractivity contribution in [1.29, 1.82) is 0 Å². The highest BCUT2D eigenvalue weighted by Crippen LogP contribution is 2.27. The fourth-order valence-electron chi connectivity index (χ4n) is 2.89. The number of aryl methyl sites for hydroxylation is 1. The molecule has 0 unspecified atom stereocenters.